The number of hydrogen-bond acceptors (Lipinski definition) is 8. The fourth-order valence-corrected chi connectivity index (χ4v) is 2.06. The molecular formula is C10H9N7OS. The molecular weight excluding hydrogens is 266 g/mol. The zero-order valence-electron chi connectivity index (χ0n) is 9.89. The highest BCUT2D eigenvalue weighted by molar-refractivity contribution is 7.98. The highest BCUT2D eigenvalue weighted by atomic mass is 32.2. The number of aryl methyl sites for hydroxylation is 1. The van der Waals surface area contributed by atoms with E-state index in [1.54, 1.807) is 24.7 Å². The van der Waals surface area contributed by atoms with Gasteiger partial charge in [-0.3, -0.25) is 0 Å². The average Bonchev–Trinajstić information content (AvgIpc) is 3.00. The Hall–Kier alpha value is -2.42. The smallest absolute Gasteiger partial charge is 0.263 e. The van der Waals surface area contributed by atoms with Crippen LogP contribution in [-0.2, 0) is 0 Å². The number of nitrogens with zero attached hydrogens (tertiary/aromatic N) is 6. The van der Waals surface area contributed by atoms with Crippen molar-refractivity contribution < 1.29 is 4.42 Å². The Morgan fingerprint density at radius 3 is 2.84 bits per heavy atom. The van der Waals surface area contributed by atoms with Crippen LogP contribution in [0.1, 0.15) is 5.69 Å². The first-order chi connectivity index (χ1) is 9.20. The second-order valence-corrected chi connectivity index (χ2v) is 4.50. The van der Waals surface area contributed by atoms with Crippen molar-refractivity contribution >= 4 is 17.7 Å². The van der Waals surface area contributed by atoms with Gasteiger partial charge in [-0.1, -0.05) is 0 Å². The quantitative estimate of drug-likeness (QED) is 0.756. The van der Waals surface area contributed by atoms with Gasteiger partial charge in [0, 0.05) is 24.2 Å². The lowest BCUT2D eigenvalue weighted by molar-refractivity contribution is 0.453. The molecule has 0 aliphatic rings. The minimum atomic E-state index is 0.117. The van der Waals surface area contributed by atoms with E-state index in [0.717, 1.165) is 5.69 Å². The van der Waals surface area contributed by atoms with Gasteiger partial charge >= 0.3 is 0 Å². The third-order valence-electron chi connectivity index (χ3n) is 2.11. The number of anilines is 1. The number of aromatic nitrogens is 6. The molecule has 8 nitrogen and oxygen atoms in total. The summed E-state index contributed by atoms with van der Waals surface area (Å²) in [5.74, 6) is 0.467. The van der Waals surface area contributed by atoms with Crippen LogP contribution >= 0.6 is 11.8 Å². The van der Waals surface area contributed by atoms with Crippen molar-refractivity contribution in [3.05, 3.63) is 30.4 Å². The van der Waals surface area contributed by atoms with E-state index in [9.17, 15) is 0 Å². The van der Waals surface area contributed by atoms with Gasteiger partial charge in [0.25, 0.3) is 11.2 Å². The van der Waals surface area contributed by atoms with Crippen molar-refractivity contribution in [3.63, 3.8) is 0 Å². The fourth-order valence-electron chi connectivity index (χ4n) is 1.35. The highest BCUT2D eigenvalue weighted by Crippen LogP contribution is 2.24. The Morgan fingerprint density at radius 2 is 2.16 bits per heavy atom. The highest BCUT2D eigenvalue weighted by Gasteiger charge is 2.11. The first-order valence-corrected chi connectivity index (χ1v) is 6.14. The average molecular weight is 275 g/mol. The van der Waals surface area contributed by atoms with Gasteiger partial charge in [0.15, 0.2) is 0 Å². The van der Waals surface area contributed by atoms with Crippen molar-refractivity contribution in [2.24, 2.45) is 0 Å². The van der Waals surface area contributed by atoms with Crippen LogP contribution in [-0.4, -0.2) is 29.7 Å². The Balaban J connectivity index is 1.94. The van der Waals surface area contributed by atoms with Crippen LogP contribution < -0.4 is 5.73 Å². The van der Waals surface area contributed by atoms with E-state index in [0.29, 0.717) is 16.3 Å². The Bertz CT molecular complexity index is 694. The molecule has 0 spiro atoms. The van der Waals surface area contributed by atoms with Crippen LogP contribution in [0.25, 0.3) is 5.95 Å². The van der Waals surface area contributed by atoms with E-state index in [1.807, 2.05) is 6.92 Å². The van der Waals surface area contributed by atoms with Gasteiger partial charge in [0.05, 0.1) is 5.69 Å². The van der Waals surface area contributed by atoms with Crippen LogP contribution in [0.15, 0.2) is 39.5 Å². The summed E-state index contributed by atoms with van der Waals surface area (Å²) in [6, 6.07) is 1.77. The number of nitrogens with two attached hydrogens (primary N) is 1. The van der Waals surface area contributed by atoms with Crippen molar-refractivity contribution in [2.75, 3.05) is 5.73 Å². The molecule has 2 N–H and O–H groups in total. The third-order valence-corrected chi connectivity index (χ3v) is 2.83. The number of rotatable bonds is 3. The Morgan fingerprint density at radius 1 is 1.26 bits per heavy atom. The molecule has 96 valence electrons. The first-order valence-electron chi connectivity index (χ1n) is 5.32. The van der Waals surface area contributed by atoms with Crippen molar-refractivity contribution in [1.29, 1.82) is 0 Å². The van der Waals surface area contributed by atoms with Gasteiger partial charge in [0.2, 0.25) is 11.1 Å². The molecule has 0 fully saturated rings. The van der Waals surface area contributed by atoms with Crippen LogP contribution in [0, 0.1) is 6.92 Å². The molecule has 0 aromatic carbocycles. The molecule has 0 saturated carbocycles. The molecule has 9 heteroatoms. The predicted octanol–water partition coefficient (Wildman–Crippen LogP) is 1.09. The minimum absolute atomic E-state index is 0.117. The second-order valence-electron chi connectivity index (χ2n) is 3.58. The lowest BCUT2D eigenvalue weighted by atomic mass is 10.6. The molecule has 0 saturated heterocycles. The van der Waals surface area contributed by atoms with Crippen molar-refractivity contribution in [3.8, 4) is 5.95 Å². The van der Waals surface area contributed by atoms with E-state index in [2.05, 4.69) is 25.0 Å². The van der Waals surface area contributed by atoms with Gasteiger partial charge in [-0.05, 0) is 13.0 Å². The Kier molecular flexibility index (Phi) is 2.88. The summed E-state index contributed by atoms with van der Waals surface area (Å²) in [5.41, 5.74) is 6.45. The standard InChI is InChI=1S/C10H9N7OS/c1-6-5-18-10(13-6)19-9-15-7(11)14-8(16-9)17-4-2-3-12-17/h2-5H,1H3,(H2,11,14,15,16). The molecule has 3 aromatic rings. The summed E-state index contributed by atoms with van der Waals surface area (Å²) in [7, 11) is 0. The van der Waals surface area contributed by atoms with Gasteiger partial charge in [0.1, 0.15) is 6.26 Å². The molecule has 0 amide bonds. The maximum atomic E-state index is 5.66. The molecule has 0 radical (unpaired) electrons. The number of nitrogen functional groups attached to an aromatic ring is 1. The first kappa shape index (κ1) is 11.7. The summed E-state index contributed by atoms with van der Waals surface area (Å²) in [6.45, 7) is 1.84. The molecule has 0 unspecified atom stereocenters. The van der Waals surface area contributed by atoms with Crippen LogP contribution in [0.5, 0.6) is 0 Å². The van der Waals surface area contributed by atoms with Gasteiger partial charge in [-0.15, -0.1) is 0 Å². The maximum absolute atomic E-state index is 5.66. The van der Waals surface area contributed by atoms with Gasteiger partial charge < -0.3 is 10.2 Å². The molecule has 19 heavy (non-hydrogen) atoms. The molecule has 0 bridgehead atoms. The minimum Gasteiger partial charge on any atom is -0.439 e. The zero-order valence-corrected chi connectivity index (χ0v) is 10.7. The summed E-state index contributed by atoms with van der Waals surface area (Å²) in [5, 5.41) is 4.90. The fraction of sp³-hybridized carbons (Fsp3) is 0.100. The maximum Gasteiger partial charge on any atom is 0.263 e. The topological polar surface area (TPSA) is 109 Å². The monoisotopic (exact) mass is 275 g/mol. The molecule has 0 atom stereocenters. The number of hydrogen-bond donors (Lipinski definition) is 1. The van der Waals surface area contributed by atoms with Gasteiger partial charge in [-0.2, -0.15) is 20.1 Å². The summed E-state index contributed by atoms with van der Waals surface area (Å²) < 4.78 is 6.73. The van der Waals surface area contributed by atoms with E-state index < -0.39 is 0 Å². The summed E-state index contributed by atoms with van der Waals surface area (Å²) in [6.07, 6.45) is 4.91. The van der Waals surface area contributed by atoms with E-state index in [4.69, 9.17) is 10.2 Å². The SMILES string of the molecule is Cc1coc(Sc2nc(N)nc(-n3cccn3)n2)n1. The van der Waals surface area contributed by atoms with Crippen LogP contribution in [0.2, 0.25) is 0 Å². The largest absolute Gasteiger partial charge is 0.439 e. The molecule has 3 heterocycles. The summed E-state index contributed by atoms with van der Waals surface area (Å²) >= 11 is 1.17. The van der Waals surface area contributed by atoms with E-state index in [-0.39, 0.29) is 5.95 Å². The van der Waals surface area contributed by atoms with E-state index in [1.165, 1.54) is 16.4 Å². The molecule has 0 aliphatic carbocycles. The lowest BCUT2D eigenvalue weighted by Gasteiger charge is -2.02. The third kappa shape index (κ3) is 2.55. The van der Waals surface area contributed by atoms with Crippen molar-refractivity contribution in [2.45, 2.75) is 17.3 Å². The van der Waals surface area contributed by atoms with Crippen LogP contribution in [0.3, 0.4) is 0 Å². The van der Waals surface area contributed by atoms with E-state index >= 15 is 0 Å². The Labute approximate surface area is 112 Å². The molecule has 3 aromatic heterocycles. The predicted molar refractivity (Wildman–Crippen MR) is 66.7 cm³/mol. The summed E-state index contributed by atoms with van der Waals surface area (Å²) in [4.78, 5) is 16.4. The zero-order chi connectivity index (χ0) is 13.2. The normalized spacial score (nSPS) is 10.8. The van der Waals surface area contributed by atoms with Gasteiger partial charge in [-0.25, -0.2) is 9.67 Å². The van der Waals surface area contributed by atoms with Crippen molar-refractivity contribution in [1.82, 2.24) is 29.7 Å². The molecule has 0 aliphatic heterocycles. The lowest BCUT2D eigenvalue weighted by Crippen LogP contribution is -2.07. The second kappa shape index (κ2) is 4.69. The number of oxazole rings is 1. The van der Waals surface area contributed by atoms with Crippen LogP contribution in [0.4, 0.5) is 5.95 Å². The molecule has 3 rings (SSSR count).